The van der Waals surface area contributed by atoms with Gasteiger partial charge in [-0.3, -0.25) is 4.31 Å². The third kappa shape index (κ3) is 4.95. The molecule has 0 N–H and O–H groups in total. The molecule has 0 saturated carbocycles. The topological polar surface area (TPSA) is 72.9 Å². The number of carbonyl (C=O) groups excluding carboxylic acids is 1. The van der Waals surface area contributed by atoms with Crippen LogP contribution in [0.15, 0.2) is 108 Å². The van der Waals surface area contributed by atoms with Crippen LogP contribution < -0.4 is 9.04 Å². The second-order valence-corrected chi connectivity index (χ2v) is 10.6. The molecule has 1 heterocycles. The first-order valence-corrected chi connectivity index (χ1v) is 13.5. The molecular formula is C30H27NO5S. The second kappa shape index (κ2) is 10.5. The van der Waals surface area contributed by atoms with Crippen molar-refractivity contribution in [2.75, 3.05) is 18.0 Å². The highest BCUT2D eigenvalue weighted by molar-refractivity contribution is 7.93. The van der Waals surface area contributed by atoms with E-state index in [9.17, 15) is 13.2 Å². The van der Waals surface area contributed by atoms with Crippen LogP contribution in [0.25, 0.3) is 0 Å². The van der Waals surface area contributed by atoms with E-state index in [-0.39, 0.29) is 16.2 Å². The number of hydrogen-bond donors (Lipinski definition) is 0. The molecule has 0 spiro atoms. The van der Waals surface area contributed by atoms with Crippen molar-refractivity contribution in [1.82, 2.24) is 0 Å². The molecule has 0 saturated heterocycles. The van der Waals surface area contributed by atoms with E-state index >= 15 is 0 Å². The molecule has 1 aliphatic rings. The number of sulfonamides is 1. The molecule has 0 bridgehead atoms. The molecule has 7 heteroatoms. The summed E-state index contributed by atoms with van der Waals surface area (Å²) in [5, 5.41) is 0. The number of nitrogens with zero attached hydrogens (tertiary/aromatic N) is 1. The van der Waals surface area contributed by atoms with Gasteiger partial charge in [0.25, 0.3) is 10.0 Å². The maximum absolute atomic E-state index is 13.9. The number of para-hydroxylation sites is 1. The van der Waals surface area contributed by atoms with E-state index < -0.39 is 22.1 Å². The minimum Gasteiger partial charge on any atom is -0.495 e. The van der Waals surface area contributed by atoms with Gasteiger partial charge in [0, 0.05) is 6.54 Å². The Kier molecular flexibility index (Phi) is 6.97. The van der Waals surface area contributed by atoms with Gasteiger partial charge >= 0.3 is 5.97 Å². The predicted octanol–water partition coefficient (Wildman–Crippen LogP) is 5.78. The number of aryl methyl sites for hydroxylation is 1. The lowest BCUT2D eigenvalue weighted by Gasteiger charge is -2.31. The lowest BCUT2D eigenvalue weighted by Crippen LogP contribution is -2.35. The fourth-order valence-electron chi connectivity index (χ4n) is 4.63. The van der Waals surface area contributed by atoms with Crippen molar-refractivity contribution in [1.29, 1.82) is 0 Å². The fourth-order valence-corrected chi connectivity index (χ4v) is 6.36. The van der Waals surface area contributed by atoms with Crippen LogP contribution in [0.1, 0.15) is 39.6 Å². The molecular weight excluding hydrogens is 486 g/mol. The molecule has 4 aromatic carbocycles. The number of esters is 1. The molecule has 0 aliphatic carbocycles. The van der Waals surface area contributed by atoms with Crippen molar-refractivity contribution in [3.05, 3.63) is 125 Å². The summed E-state index contributed by atoms with van der Waals surface area (Å²) >= 11 is 0. The number of ether oxygens (including phenoxy) is 2. The van der Waals surface area contributed by atoms with Crippen LogP contribution in [0, 0.1) is 0 Å². The normalized spacial score (nSPS) is 13.2. The molecule has 0 aromatic heterocycles. The lowest BCUT2D eigenvalue weighted by molar-refractivity contribution is 0.0377. The Labute approximate surface area is 217 Å². The van der Waals surface area contributed by atoms with Gasteiger partial charge in [-0.25, -0.2) is 13.2 Å². The summed E-state index contributed by atoms with van der Waals surface area (Å²) < 4.78 is 40.5. The standard InChI is InChI=1S/C30H27NO5S/c1-35-27-19-18-25(21-28(27)37(33,34)31-20-10-16-22-11-8-9-17-26(22)31)30(32)36-29(23-12-4-2-5-13-23)24-14-6-3-7-15-24/h2-9,11-15,17-19,21,29H,10,16,20H2,1H3. The Morgan fingerprint density at radius 3 is 2.11 bits per heavy atom. The zero-order valence-electron chi connectivity index (χ0n) is 20.4. The van der Waals surface area contributed by atoms with Gasteiger partial charge in [-0.1, -0.05) is 78.9 Å². The van der Waals surface area contributed by atoms with Crippen LogP contribution >= 0.6 is 0 Å². The molecule has 5 rings (SSSR count). The van der Waals surface area contributed by atoms with Gasteiger partial charge in [0.05, 0.1) is 18.4 Å². The maximum Gasteiger partial charge on any atom is 0.339 e. The van der Waals surface area contributed by atoms with Crippen molar-refractivity contribution < 1.29 is 22.7 Å². The third-order valence-electron chi connectivity index (χ3n) is 6.46. The molecule has 0 amide bonds. The van der Waals surface area contributed by atoms with Crippen LogP contribution in [-0.2, 0) is 21.2 Å². The number of anilines is 1. The van der Waals surface area contributed by atoms with Crippen LogP contribution in [0.2, 0.25) is 0 Å². The van der Waals surface area contributed by atoms with Gasteiger partial charge < -0.3 is 9.47 Å². The number of methoxy groups -OCH3 is 1. The van der Waals surface area contributed by atoms with E-state index in [0.717, 1.165) is 23.1 Å². The molecule has 188 valence electrons. The zero-order chi connectivity index (χ0) is 25.8. The van der Waals surface area contributed by atoms with E-state index in [4.69, 9.17) is 9.47 Å². The van der Waals surface area contributed by atoms with Crippen molar-refractivity contribution in [2.45, 2.75) is 23.8 Å². The van der Waals surface area contributed by atoms with Gasteiger partial charge in [-0.15, -0.1) is 0 Å². The summed E-state index contributed by atoms with van der Waals surface area (Å²) in [6.07, 6.45) is 0.869. The molecule has 0 atom stereocenters. The Morgan fingerprint density at radius 1 is 0.838 bits per heavy atom. The highest BCUT2D eigenvalue weighted by atomic mass is 32.2. The van der Waals surface area contributed by atoms with E-state index in [1.807, 2.05) is 78.9 Å². The van der Waals surface area contributed by atoms with E-state index in [1.165, 1.54) is 29.6 Å². The van der Waals surface area contributed by atoms with Crippen LogP contribution in [-0.4, -0.2) is 28.0 Å². The SMILES string of the molecule is COc1ccc(C(=O)OC(c2ccccc2)c2ccccc2)cc1S(=O)(=O)N1CCCc2ccccc21. The maximum atomic E-state index is 13.9. The van der Waals surface area contributed by atoms with Crippen LogP contribution in [0.5, 0.6) is 5.75 Å². The highest BCUT2D eigenvalue weighted by Crippen LogP contribution is 2.36. The zero-order valence-corrected chi connectivity index (χ0v) is 21.2. The monoisotopic (exact) mass is 513 g/mol. The largest absolute Gasteiger partial charge is 0.495 e. The lowest BCUT2D eigenvalue weighted by atomic mass is 10.0. The van der Waals surface area contributed by atoms with Crippen LogP contribution in [0.3, 0.4) is 0 Å². The van der Waals surface area contributed by atoms with Crippen LogP contribution in [0.4, 0.5) is 5.69 Å². The Morgan fingerprint density at radius 2 is 1.46 bits per heavy atom. The molecule has 0 fully saturated rings. The van der Waals surface area contributed by atoms with Crippen molar-refractivity contribution in [3.8, 4) is 5.75 Å². The number of hydrogen-bond acceptors (Lipinski definition) is 5. The smallest absolute Gasteiger partial charge is 0.339 e. The van der Waals surface area contributed by atoms with Gasteiger partial charge in [-0.05, 0) is 53.8 Å². The molecule has 6 nitrogen and oxygen atoms in total. The average Bonchev–Trinajstić information content (AvgIpc) is 2.96. The quantitative estimate of drug-likeness (QED) is 0.293. The number of fused-ring (bicyclic) bond motifs is 1. The average molecular weight is 514 g/mol. The molecule has 1 aliphatic heterocycles. The number of rotatable bonds is 7. The summed E-state index contributed by atoms with van der Waals surface area (Å²) in [6, 6.07) is 30.7. The first-order chi connectivity index (χ1) is 18.0. The van der Waals surface area contributed by atoms with Gasteiger partial charge in [0.2, 0.25) is 0 Å². The van der Waals surface area contributed by atoms with Gasteiger partial charge in [0.15, 0.2) is 6.10 Å². The van der Waals surface area contributed by atoms with Crippen molar-refractivity contribution >= 4 is 21.7 Å². The van der Waals surface area contributed by atoms with Crippen molar-refractivity contribution in [2.24, 2.45) is 0 Å². The molecule has 37 heavy (non-hydrogen) atoms. The third-order valence-corrected chi connectivity index (χ3v) is 8.30. The summed E-state index contributed by atoms with van der Waals surface area (Å²) in [5.74, 6) is -0.460. The van der Waals surface area contributed by atoms with Crippen molar-refractivity contribution in [3.63, 3.8) is 0 Å². The van der Waals surface area contributed by atoms with Gasteiger partial charge in [0.1, 0.15) is 10.6 Å². The minimum atomic E-state index is -4.01. The Hall–Kier alpha value is -4.10. The summed E-state index contributed by atoms with van der Waals surface area (Å²) in [5.41, 5.74) is 3.38. The van der Waals surface area contributed by atoms with E-state index in [1.54, 1.807) is 6.07 Å². The molecule has 4 aromatic rings. The predicted molar refractivity (Wildman–Crippen MR) is 142 cm³/mol. The number of carbonyl (C=O) groups is 1. The first-order valence-electron chi connectivity index (χ1n) is 12.1. The summed E-state index contributed by atoms with van der Waals surface area (Å²) in [4.78, 5) is 13.3. The molecule has 0 radical (unpaired) electrons. The molecule has 0 unspecified atom stereocenters. The summed E-state index contributed by atoms with van der Waals surface area (Å²) in [6.45, 7) is 0.348. The fraction of sp³-hybridized carbons (Fsp3) is 0.167. The Bertz CT molecular complexity index is 1460. The van der Waals surface area contributed by atoms with Gasteiger partial charge in [-0.2, -0.15) is 0 Å². The van der Waals surface area contributed by atoms with E-state index in [2.05, 4.69) is 0 Å². The summed E-state index contributed by atoms with van der Waals surface area (Å²) in [7, 11) is -2.59. The minimum absolute atomic E-state index is 0.0721. The second-order valence-electron chi connectivity index (χ2n) is 8.78. The van der Waals surface area contributed by atoms with E-state index in [0.29, 0.717) is 18.7 Å². The number of benzene rings is 4. The first kappa shape index (κ1) is 24.6. The highest BCUT2D eigenvalue weighted by Gasteiger charge is 2.32. The Balaban J connectivity index is 1.51.